The van der Waals surface area contributed by atoms with Gasteiger partial charge in [0, 0.05) is 31.7 Å². The van der Waals surface area contributed by atoms with E-state index in [1.54, 1.807) is 18.1 Å². The molecular formula is C16H20N4O4. The highest BCUT2D eigenvalue weighted by Gasteiger charge is 2.24. The van der Waals surface area contributed by atoms with E-state index in [2.05, 4.69) is 9.97 Å². The van der Waals surface area contributed by atoms with E-state index in [1.807, 2.05) is 35.9 Å². The molecule has 0 radical (unpaired) electrons. The van der Waals surface area contributed by atoms with Gasteiger partial charge in [-0.15, -0.1) is 0 Å². The number of rotatable bonds is 3. The Balaban J connectivity index is 0.000000647. The Bertz CT molecular complexity index is 701. The molecule has 2 aromatic heterocycles. The summed E-state index contributed by atoms with van der Waals surface area (Å²) in [4.78, 5) is 30.4. The number of carbonyl (C=O) groups excluding carboxylic acids is 1. The number of morpholine rings is 1. The van der Waals surface area contributed by atoms with Crippen LogP contribution in [0.3, 0.4) is 0 Å². The lowest BCUT2D eigenvalue weighted by Gasteiger charge is -2.30. The first-order chi connectivity index (χ1) is 11.5. The monoisotopic (exact) mass is 332 g/mol. The summed E-state index contributed by atoms with van der Waals surface area (Å²) < 4.78 is 7.61. The molecule has 1 fully saturated rings. The van der Waals surface area contributed by atoms with Crippen molar-refractivity contribution in [2.45, 2.75) is 19.6 Å². The number of likely N-dealkylation sites (N-methyl/N-ethyl adjacent to an activating group) is 1. The van der Waals surface area contributed by atoms with Crippen LogP contribution in [0.15, 0.2) is 30.6 Å². The molecule has 1 N–H and O–H groups in total. The number of aryl methyl sites for hydroxylation is 1. The third kappa shape index (κ3) is 4.39. The van der Waals surface area contributed by atoms with Crippen LogP contribution < -0.4 is 0 Å². The molecule has 1 atom stereocenters. The first kappa shape index (κ1) is 17.6. The van der Waals surface area contributed by atoms with Crippen molar-refractivity contribution in [1.82, 2.24) is 19.4 Å². The van der Waals surface area contributed by atoms with E-state index in [4.69, 9.17) is 14.6 Å². The van der Waals surface area contributed by atoms with Crippen LogP contribution >= 0.6 is 0 Å². The molecule has 0 bridgehead atoms. The Morgan fingerprint density at radius 2 is 2.21 bits per heavy atom. The quantitative estimate of drug-likeness (QED) is 0.836. The fourth-order valence-electron chi connectivity index (χ4n) is 2.45. The highest BCUT2D eigenvalue weighted by molar-refractivity contribution is 5.77. The zero-order chi connectivity index (χ0) is 17.5. The predicted octanol–water partition coefficient (Wildman–Crippen LogP) is 0.812. The van der Waals surface area contributed by atoms with Gasteiger partial charge in [0.1, 0.15) is 12.3 Å². The third-order valence-corrected chi connectivity index (χ3v) is 3.58. The van der Waals surface area contributed by atoms with Gasteiger partial charge in [0.05, 0.1) is 12.6 Å². The van der Waals surface area contributed by atoms with Crippen molar-refractivity contribution in [3.05, 3.63) is 36.3 Å². The second-order valence-corrected chi connectivity index (χ2v) is 5.38. The summed E-state index contributed by atoms with van der Waals surface area (Å²) >= 11 is 0. The van der Waals surface area contributed by atoms with Crippen LogP contribution in [0.2, 0.25) is 0 Å². The summed E-state index contributed by atoms with van der Waals surface area (Å²) in [6, 6.07) is 5.88. The van der Waals surface area contributed by atoms with Crippen molar-refractivity contribution in [3.8, 4) is 11.5 Å². The molecule has 8 nitrogen and oxygen atoms in total. The van der Waals surface area contributed by atoms with Gasteiger partial charge in [-0.1, -0.05) is 6.07 Å². The highest BCUT2D eigenvalue weighted by atomic mass is 16.5. The molecule has 3 heterocycles. The molecule has 1 aliphatic heterocycles. The number of nitrogens with zero attached hydrogens (tertiary/aromatic N) is 4. The van der Waals surface area contributed by atoms with Crippen molar-refractivity contribution in [2.75, 3.05) is 20.2 Å². The normalized spacial score (nSPS) is 17.2. The predicted molar refractivity (Wildman–Crippen MR) is 86.3 cm³/mol. The number of hydrogen-bond acceptors (Lipinski definition) is 5. The van der Waals surface area contributed by atoms with E-state index < -0.39 is 0 Å². The zero-order valence-corrected chi connectivity index (χ0v) is 13.6. The summed E-state index contributed by atoms with van der Waals surface area (Å²) in [5.74, 6) is 0.847. The maximum Gasteiger partial charge on any atom is 0.290 e. The standard InChI is InChI=1S/C15H18N4O2.CH2O2/c1-11-4-3-5-13(17-11)15-16-6-7-19(15)9-12-8-18(2)14(20)10-21-12;2-1-3/h3-7,12H,8-10H2,1-2H3;1H,(H,2,3). The van der Waals surface area contributed by atoms with Gasteiger partial charge in [-0.3, -0.25) is 9.59 Å². The minimum Gasteiger partial charge on any atom is -0.483 e. The largest absolute Gasteiger partial charge is 0.483 e. The zero-order valence-electron chi connectivity index (χ0n) is 13.6. The number of ether oxygens (including phenoxy) is 1. The number of pyridine rings is 1. The summed E-state index contributed by atoms with van der Waals surface area (Å²) in [5.41, 5.74) is 1.81. The molecule has 1 unspecified atom stereocenters. The molecule has 1 aliphatic rings. The summed E-state index contributed by atoms with van der Waals surface area (Å²) in [7, 11) is 1.80. The third-order valence-electron chi connectivity index (χ3n) is 3.58. The Hall–Kier alpha value is -2.74. The van der Waals surface area contributed by atoms with E-state index in [0.717, 1.165) is 17.2 Å². The lowest BCUT2D eigenvalue weighted by Crippen LogP contribution is -2.45. The second kappa shape index (κ2) is 8.21. The van der Waals surface area contributed by atoms with Gasteiger partial charge in [0.25, 0.3) is 6.47 Å². The number of hydrogen-bond donors (Lipinski definition) is 1. The van der Waals surface area contributed by atoms with E-state index in [9.17, 15) is 4.79 Å². The summed E-state index contributed by atoms with van der Waals surface area (Å²) in [5, 5.41) is 6.89. The summed E-state index contributed by atoms with van der Waals surface area (Å²) in [6.07, 6.45) is 3.65. The van der Waals surface area contributed by atoms with E-state index >= 15 is 0 Å². The molecule has 128 valence electrons. The Morgan fingerprint density at radius 1 is 1.46 bits per heavy atom. The number of amides is 1. The van der Waals surface area contributed by atoms with Crippen LogP contribution in [0, 0.1) is 6.92 Å². The number of imidazole rings is 1. The number of aromatic nitrogens is 3. The molecule has 24 heavy (non-hydrogen) atoms. The molecule has 1 saturated heterocycles. The number of carboxylic acid groups (broad SMARTS) is 1. The van der Waals surface area contributed by atoms with Gasteiger partial charge < -0.3 is 19.3 Å². The molecule has 2 aromatic rings. The van der Waals surface area contributed by atoms with Crippen LogP contribution in [0.5, 0.6) is 0 Å². The van der Waals surface area contributed by atoms with Crippen LogP contribution in [-0.2, 0) is 20.9 Å². The van der Waals surface area contributed by atoms with Gasteiger partial charge in [-0.2, -0.15) is 0 Å². The molecule has 0 saturated carbocycles. The first-order valence-electron chi connectivity index (χ1n) is 7.43. The van der Waals surface area contributed by atoms with Crippen molar-refractivity contribution >= 4 is 12.4 Å². The van der Waals surface area contributed by atoms with Crippen molar-refractivity contribution in [2.24, 2.45) is 0 Å². The van der Waals surface area contributed by atoms with Crippen LogP contribution in [0.1, 0.15) is 5.69 Å². The van der Waals surface area contributed by atoms with Crippen LogP contribution in [0.4, 0.5) is 0 Å². The van der Waals surface area contributed by atoms with Gasteiger partial charge in [-0.05, 0) is 19.1 Å². The molecule has 1 amide bonds. The topological polar surface area (TPSA) is 97.5 Å². The molecule has 8 heteroatoms. The lowest BCUT2D eigenvalue weighted by atomic mass is 10.2. The maximum absolute atomic E-state index is 11.4. The van der Waals surface area contributed by atoms with Gasteiger partial charge in [0.15, 0.2) is 5.82 Å². The second-order valence-electron chi connectivity index (χ2n) is 5.38. The minimum atomic E-state index is -0.250. The Labute approximate surface area is 139 Å². The maximum atomic E-state index is 11.4. The minimum absolute atomic E-state index is 0.0227. The smallest absolute Gasteiger partial charge is 0.290 e. The van der Waals surface area contributed by atoms with Crippen LogP contribution in [0.25, 0.3) is 11.5 Å². The van der Waals surface area contributed by atoms with Crippen molar-refractivity contribution in [1.29, 1.82) is 0 Å². The van der Waals surface area contributed by atoms with Gasteiger partial charge in [0.2, 0.25) is 5.91 Å². The van der Waals surface area contributed by atoms with E-state index in [0.29, 0.717) is 13.1 Å². The summed E-state index contributed by atoms with van der Waals surface area (Å²) in [6.45, 7) is 3.11. The highest BCUT2D eigenvalue weighted by Crippen LogP contribution is 2.17. The van der Waals surface area contributed by atoms with Crippen molar-refractivity contribution in [3.63, 3.8) is 0 Å². The first-order valence-corrected chi connectivity index (χ1v) is 7.43. The molecule has 0 aromatic carbocycles. The average Bonchev–Trinajstić information content (AvgIpc) is 3.00. The van der Waals surface area contributed by atoms with E-state index in [1.165, 1.54) is 0 Å². The molecule has 3 rings (SSSR count). The lowest BCUT2D eigenvalue weighted by molar-refractivity contribution is -0.147. The fourth-order valence-corrected chi connectivity index (χ4v) is 2.45. The molecular weight excluding hydrogens is 312 g/mol. The Morgan fingerprint density at radius 3 is 2.88 bits per heavy atom. The molecule has 0 aliphatic carbocycles. The molecule has 0 spiro atoms. The number of carbonyl (C=O) groups is 2. The average molecular weight is 332 g/mol. The van der Waals surface area contributed by atoms with Gasteiger partial charge in [-0.25, -0.2) is 9.97 Å². The van der Waals surface area contributed by atoms with Crippen molar-refractivity contribution < 1.29 is 19.4 Å². The fraction of sp³-hybridized carbons (Fsp3) is 0.375. The van der Waals surface area contributed by atoms with Gasteiger partial charge >= 0.3 is 0 Å². The van der Waals surface area contributed by atoms with Crippen LogP contribution in [-0.4, -0.2) is 63.2 Å². The Kier molecular flexibility index (Phi) is 6.02. The van der Waals surface area contributed by atoms with E-state index in [-0.39, 0.29) is 25.1 Å². The SMILES string of the molecule is Cc1cccc(-c2nccn2CC2CN(C)C(=O)CO2)n1.O=CO.